The average molecular weight is 496 g/mol. The van der Waals surface area contributed by atoms with Crippen molar-refractivity contribution in [2.75, 3.05) is 23.5 Å². The quantitative estimate of drug-likeness (QED) is 0.111. The summed E-state index contributed by atoms with van der Waals surface area (Å²) in [6, 6.07) is 4.72. The summed E-state index contributed by atoms with van der Waals surface area (Å²) in [5, 5.41) is 21.4. The number of rotatable bonds is 7. The van der Waals surface area contributed by atoms with Crippen molar-refractivity contribution in [2.24, 2.45) is 0 Å². The molecule has 0 aliphatic carbocycles. The number of amidine groups is 1. The molecule has 0 amide bonds. The highest BCUT2D eigenvalue weighted by Gasteiger charge is 2.45. The summed E-state index contributed by atoms with van der Waals surface area (Å²) >= 11 is 5.70. The van der Waals surface area contributed by atoms with E-state index in [0.717, 1.165) is 12.1 Å². The van der Waals surface area contributed by atoms with Crippen molar-refractivity contribution in [1.82, 2.24) is 19.7 Å². The fourth-order valence-electron chi connectivity index (χ4n) is 2.50. The molecule has 0 saturated carbocycles. The number of hydrogen-bond donors (Lipinski definition) is 5. The molecule has 0 bridgehead atoms. The van der Waals surface area contributed by atoms with Gasteiger partial charge in [-0.1, -0.05) is 11.6 Å². The monoisotopic (exact) mass is 495 g/mol. The van der Waals surface area contributed by atoms with E-state index in [0.29, 0.717) is 5.06 Å². The molecule has 2 aromatic heterocycles. The van der Waals surface area contributed by atoms with E-state index < -0.39 is 33.7 Å². The number of hydrogen-bond acceptors (Lipinski definition) is 7. The Morgan fingerprint density at radius 2 is 2.00 bits per heavy atom. The van der Waals surface area contributed by atoms with Crippen molar-refractivity contribution in [3.8, 4) is 0 Å². The minimum atomic E-state index is -5.46. The van der Waals surface area contributed by atoms with Gasteiger partial charge < -0.3 is 10.3 Å². The summed E-state index contributed by atoms with van der Waals surface area (Å²) in [7, 11) is -5.46. The van der Waals surface area contributed by atoms with Crippen LogP contribution in [0.4, 0.5) is 29.2 Å². The van der Waals surface area contributed by atoms with Gasteiger partial charge in [0.05, 0.1) is 16.2 Å². The van der Waals surface area contributed by atoms with E-state index >= 15 is 0 Å². The Hall–Kier alpha value is -3.01. The lowest BCUT2D eigenvalue weighted by Gasteiger charge is -2.18. The summed E-state index contributed by atoms with van der Waals surface area (Å²) in [6.45, 7) is -0.827. The van der Waals surface area contributed by atoms with Crippen molar-refractivity contribution >= 4 is 50.3 Å². The Morgan fingerprint density at radius 3 is 2.66 bits per heavy atom. The largest absolute Gasteiger partial charge is 0.511 e. The number of imidazole rings is 1. The molecule has 0 fully saturated rings. The van der Waals surface area contributed by atoms with Crippen LogP contribution in [0.2, 0.25) is 5.02 Å². The van der Waals surface area contributed by atoms with Gasteiger partial charge >= 0.3 is 15.5 Å². The van der Waals surface area contributed by atoms with Gasteiger partial charge in [-0.2, -0.15) is 18.2 Å². The smallest absolute Gasteiger partial charge is 0.354 e. The molecular formula is C16H14ClF4N7O3S. The number of fused-ring (bicyclic) bond motifs is 1. The normalized spacial score (nSPS) is 12.2. The van der Waals surface area contributed by atoms with Crippen LogP contribution in [0.5, 0.6) is 0 Å². The first kappa shape index (κ1) is 23.6. The van der Waals surface area contributed by atoms with E-state index in [1.807, 2.05) is 0 Å². The molecule has 0 aliphatic heterocycles. The lowest BCUT2D eigenvalue weighted by molar-refractivity contribution is -0.0447. The van der Waals surface area contributed by atoms with Crippen LogP contribution in [0.3, 0.4) is 0 Å². The number of pyridine rings is 1. The number of halogens is 5. The Bertz CT molecular complexity index is 1270. The SMILES string of the molecule is N=C(c1ccnc2nc(NCCNS(=O)(=O)C(F)(F)F)[nH]c12)N(O)c1ccc(F)c(Cl)c1. The Balaban J connectivity index is 1.75. The van der Waals surface area contributed by atoms with Gasteiger partial charge in [-0.15, -0.1) is 0 Å². The number of nitrogens with one attached hydrogen (secondary N) is 4. The number of hydroxylamine groups is 1. The number of nitrogens with zero attached hydrogens (tertiary/aromatic N) is 3. The predicted molar refractivity (Wildman–Crippen MR) is 108 cm³/mol. The highest BCUT2D eigenvalue weighted by Crippen LogP contribution is 2.25. The third-order valence-electron chi connectivity index (χ3n) is 4.02. The molecule has 3 aromatic rings. The molecule has 16 heteroatoms. The maximum absolute atomic E-state index is 13.3. The Labute approximate surface area is 182 Å². The van der Waals surface area contributed by atoms with Crippen LogP contribution in [0.25, 0.3) is 11.2 Å². The van der Waals surface area contributed by atoms with Crippen molar-refractivity contribution < 1.29 is 31.2 Å². The molecule has 0 unspecified atom stereocenters. The third kappa shape index (κ3) is 4.90. The maximum atomic E-state index is 13.3. The molecule has 1 aromatic carbocycles. The number of alkyl halides is 3. The molecule has 0 spiro atoms. The summed E-state index contributed by atoms with van der Waals surface area (Å²) < 4.78 is 73.6. The second kappa shape index (κ2) is 8.85. The standard InChI is InChI=1S/C16H14ClF4N7O3S/c17-10-7-8(1-2-11(10)18)28(29)13(22)9-3-4-23-14-12(9)26-15(27-14)24-5-6-25-32(30,31)16(19,20)21/h1-4,7,22,25,29H,5-6H2,(H2,23,24,26,27). The minimum absolute atomic E-state index is 0.0150. The minimum Gasteiger partial charge on any atom is -0.354 e. The van der Waals surface area contributed by atoms with E-state index in [-0.39, 0.29) is 39.9 Å². The zero-order valence-corrected chi connectivity index (χ0v) is 17.3. The van der Waals surface area contributed by atoms with Gasteiger partial charge in [0, 0.05) is 24.8 Å². The fraction of sp³-hybridized carbons (Fsp3) is 0.188. The first-order valence-corrected chi connectivity index (χ1v) is 10.4. The third-order valence-corrected chi connectivity index (χ3v) is 5.50. The first-order valence-electron chi connectivity index (χ1n) is 8.58. The Morgan fingerprint density at radius 1 is 1.28 bits per heavy atom. The summed E-state index contributed by atoms with van der Waals surface area (Å²) in [5.74, 6) is -1.11. The lowest BCUT2D eigenvalue weighted by Crippen LogP contribution is -2.38. The van der Waals surface area contributed by atoms with Crippen LogP contribution in [0.15, 0.2) is 30.5 Å². The van der Waals surface area contributed by atoms with Crippen molar-refractivity contribution in [1.29, 1.82) is 5.41 Å². The van der Waals surface area contributed by atoms with Gasteiger partial charge in [-0.05, 0) is 24.3 Å². The average Bonchev–Trinajstić information content (AvgIpc) is 3.14. The van der Waals surface area contributed by atoms with Crippen molar-refractivity contribution in [3.05, 3.63) is 46.9 Å². The van der Waals surface area contributed by atoms with Gasteiger partial charge in [0.1, 0.15) is 5.82 Å². The zero-order chi connectivity index (χ0) is 23.7. The van der Waals surface area contributed by atoms with Gasteiger partial charge in [0.2, 0.25) is 5.95 Å². The number of sulfonamides is 1. The predicted octanol–water partition coefficient (Wildman–Crippen LogP) is 2.82. The molecule has 0 radical (unpaired) electrons. The number of aromatic amines is 1. The number of benzene rings is 1. The lowest BCUT2D eigenvalue weighted by atomic mass is 10.2. The fourth-order valence-corrected chi connectivity index (χ4v) is 3.21. The molecule has 2 heterocycles. The molecule has 3 rings (SSSR count). The van der Waals surface area contributed by atoms with E-state index in [2.05, 4.69) is 20.3 Å². The van der Waals surface area contributed by atoms with Crippen LogP contribution < -0.4 is 15.1 Å². The number of anilines is 2. The van der Waals surface area contributed by atoms with Crippen LogP contribution in [-0.4, -0.2) is 53.0 Å². The number of aromatic nitrogens is 3. The molecule has 5 N–H and O–H groups in total. The highest BCUT2D eigenvalue weighted by molar-refractivity contribution is 7.90. The zero-order valence-electron chi connectivity index (χ0n) is 15.7. The maximum Gasteiger partial charge on any atom is 0.511 e. The van der Waals surface area contributed by atoms with Gasteiger partial charge in [-0.3, -0.25) is 10.6 Å². The molecule has 0 aliphatic rings. The summed E-state index contributed by atoms with van der Waals surface area (Å²) in [5.41, 5.74) is -4.96. The van der Waals surface area contributed by atoms with Crippen LogP contribution in [0.1, 0.15) is 5.56 Å². The highest BCUT2D eigenvalue weighted by atomic mass is 35.5. The second-order valence-electron chi connectivity index (χ2n) is 6.17. The molecule has 0 saturated heterocycles. The van der Waals surface area contributed by atoms with Gasteiger partial charge in [0.25, 0.3) is 0 Å². The molecule has 10 nitrogen and oxygen atoms in total. The topological polar surface area (TPSA) is 147 Å². The second-order valence-corrected chi connectivity index (χ2v) is 8.34. The summed E-state index contributed by atoms with van der Waals surface area (Å²) in [4.78, 5) is 10.8. The first-order chi connectivity index (χ1) is 14.9. The summed E-state index contributed by atoms with van der Waals surface area (Å²) in [6.07, 6.45) is 1.31. The Kier molecular flexibility index (Phi) is 6.54. The van der Waals surface area contributed by atoms with E-state index in [9.17, 15) is 31.2 Å². The van der Waals surface area contributed by atoms with E-state index in [1.165, 1.54) is 23.1 Å². The molecule has 32 heavy (non-hydrogen) atoms. The van der Waals surface area contributed by atoms with Crippen LogP contribution in [0, 0.1) is 11.2 Å². The molecule has 0 atom stereocenters. The number of H-pyrrole nitrogens is 1. The molecular weight excluding hydrogens is 482 g/mol. The molecule has 172 valence electrons. The van der Waals surface area contributed by atoms with Gasteiger partial charge in [0.15, 0.2) is 11.5 Å². The van der Waals surface area contributed by atoms with Crippen LogP contribution in [-0.2, 0) is 10.0 Å². The van der Waals surface area contributed by atoms with Crippen molar-refractivity contribution in [2.45, 2.75) is 5.51 Å². The van der Waals surface area contributed by atoms with Gasteiger partial charge in [-0.25, -0.2) is 27.6 Å². The van der Waals surface area contributed by atoms with Crippen molar-refractivity contribution in [3.63, 3.8) is 0 Å². The van der Waals surface area contributed by atoms with E-state index in [1.54, 1.807) is 0 Å². The van der Waals surface area contributed by atoms with E-state index in [4.69, 9.17) is 17.0 Å². The van der Waals surface area contributed by atoms with Crippen LogP contribution >= 0.6 is 11.6 Å².